The van der Waals surface area contributed by atoms with Crippen LogP contribution in [0.3, 0.4) is 0 Å². The fraction of sp³-hybridized carbons (Fsp3) is 0.0417. The van der Waals surface area contributed by atoms with E-state index in [9.17, 15) is 9.59 Å². The quantitative estimate of drug-likeness (QED) is 0.393. The molecule has 0 aliphatic carbocycles. The van der Waals surface area contributed by atoms with E-state index in [1.54, 1.807) is 30.3 Å². The largest absolute Gasteiger partial charge is 0.448 e. The molecule has 0 bridgehead atoms. The molecule has 0 aliphatic rings. The van der Waals surface area contributed by atoms with E-state index in [4.69, 9.17) is 4.42 Å². The lowest BCUT2D eigenvalue weighted by molar-refractivity contribution is -0.116. The smallest absolute Gasteiger partial charge is 0.297 e. The average Bonchev–Trinajstić information content (AvgIpc) is 3.21. The lowest BCUT2D eigenvalue weighted by Gasteiger charge is -2.07. The zero-order chi connectivity index (χ0) is 21.9. The third-order valence-electron chi connectivity index (χ3n) is 4.85. The van der Waals surface area contributed by atoms with E-state index >= 15 is 0 Å². The topological polar surface area (TPSA) is 102 Å². The molecular formula is C24H17N5O3. The van der Waals surface area contributed by atoms with E-state index in [-0.39, 0.29) is 18.0 Å². The maximum absolute atomic E-state index is 12.7. The van der Waals surface area contributed by atoms with Crippen molar-refractivity contribution in [2.24, 2.45) is 10.2 Å². The van der Waals surface area contributed by atoms with Crippen LogP contribution in [0.2, 0.25) is 0 Å². The molecule has 1 N–H and O–H groups in total. The number of carbonyl (C=O) groups excluding carboxylic acids is 1. The summed E-state index contributed by atoms with van der Waals surface area (Å²) < 4.78 is 6.87. The van der Waals surface area contributed by atoms with Gasteiger partial charge in [-0.05, 0) is 48.5 Å². The van der Waals surface area contributed by atoms with Gasteiger partial charge in [0.05, 0.1) is 17.7 Å². The van der Waals surface area contributed by atoms with Gasteiger partial charge in [-0.3, -0.25) is 14.2 Å². The van der Waals surface area contributed by atoms with Crippen molar-refractivity contribution in [2.75, 3.05) is 5.32 Å². The van der Waals surface area contributed by atoms with Crippen LogP contribution in [0.15, 0.2) is 105 Å². The predicted octanol–water partition coefficient (Wildman–Crippen LogP) is 5.20. The number of rotatable bonds is 5. The fourth-order valence-corrected chi connectivity index (χ4v) is 3.30. The molecule has 0 saturated carbocycles. The first-order valence-electron chi connectivity index (χ1n) is 9.91. The minimum Gasteiger partial charge on any atom is -0.448 e. The number of aromatic nitrogens is 2. The molecule has 0 atom stereocenters. The highest BCUT2D eigenvalue weighted by Gasteiger charge is 2.14. The van der Waals surface area contributed by atoms with Crippen molar-refractivity contribution >= 4 is 45.0 Å². The van der Waals surface area contributed by atoms with E-state index in [1.165, 1.54) is 10.9 Å². The summed E-state index contributed by atoms with van der Waals surface area (Å²) in [6, 6.07) is 23.6. The number of anilines is 1. The number of fused-ring (bicyclic) bond motifs is 3. The van der Waals surface area contributed by atoms with Crippen LogP contribution in [-0.4, -0.2) is 15.5 Å². The van der Waals surface area contributed by atoms with Gasteiger partial charge in [-0.2, -0.15) is 10.2 Å². The molecule has 1 amide bonds. The van der Waals surface area contributed by atoms with Crippen LogP contribution in [0, 0.1) is 0 Å². The van der Waals surface area contributed by atoms with Gasteiger partial charge in [-0.25, -0.2) is 4.98 Å². The first kappa shape index (κ1) is 19.4. The Kier molecular flexibility index (Phi) is 5.01. The minimum absolute atomic E-state index is 0.134. The Morgan fingerprint density at radius 1 is 0.906 bits per heavy atom. The molecule has 2 aromatic heterocycles. The minimum atomic E-state index is -0.405. The second-order valence-electron chi connectivity index (χ2n) is 7.08. The van der Waals surface area contributed by atoms with Gasteiger partial charge >= 0.3 is 0 Å². The van der Waals surface area contributed by atoms with Gasteiger partial charge in [0, 0.05) is 11.1 Å². The Balaban J connectivity index is 1.29. The van der Waals surface area contributed by atoms with E-state index in [1.807, 2.05) is 48.5 Å². The number of carbonyl (C=O) groups is 1. The highest BCUT2D eigenvalue weighted by molar-refractivity contribution is 6.01. The summed E-state index contributed by atoms with van der Waals surface area (Å²) in [6.45, 7) is -0.186. The molecule has 0 aliphatic heterocycles. The molecular weight excluding hydrogens is 406 g/mol. The number of benzene rings is 3. The van der Waals surface area contributed by atoms with Gasteiger partial charge in [0.15, 0.2) is 0 Å². The molecule has 0 saturated heterocycles. The van der Waals surface area contributed by atoms with E-state index in [0.717, 1.165) is 11.1 Å². The van der Waals surface area contributed by atoms with Crippen LogP contribution in [0.1, 0.15) is 0 Å². The summed E-state index contributed by atoms with van der Waals surface area (Å²) in [5.41, 5.74) is 2.79. The van der Waals surface area contributed by atoms with Crippen molar-refractivity contribution < 1.29 is 9.21 Å². The maximum atomic E-state index is 12.7. The number of amides is 1. The van der Waals surface area contributed by atoms with Crippen molar-refractivity contribution in [1.82, 2.24) is 9.55 Å². The third-order valence-corrected chi connectivity index (χ3v) is 4.85. The molecule has 0 fully saturated rings. The van der Waals surface area contributed by atoms with Gasteiger partial charge in [-0.15, -0.1) is 0 Å². The first-order chi connectivity index (χ1) is 15.7. The standard InChI is InChI=1S/C24H17N5O3/c30-21(26-16-10-12-18(13-11-16)28-27-17-6-2-1-3-7-17)14-29-15-25-22-19-8-4-5-9-20(19)32-23(22)24(29)31/h1-13,15H,14H2,(H,26,30). The fourth-order valence-electron chi connectivity index (χ4n) is 3.30. The molecule has 0 radical (unpaired) electrons. The molecule has 0 unspecified atom stereocenters. The van der Waals surface area contributed by atoms with Gasteiger partial charge in [0.2, 0.25) is 11.5 Å². The summed E-state index contributed by atoms with van der Waals surface area (Å²) in [7, 11) is 0. The molecule has 32 heavy (non-hydrogen) atoms. The number of nitrogens with one attached hydrogen (secondary N) is 1. The first-order valence-corrected chi connectivity index (χ1v) is 9.91. The number of furan rings is 1. The Morgan fingerprint density at radius 2 is 1.59 bits per heavy atom. The zero-order valence-corrected chi connectivity index (χ0v) is 16.8. The number of para-hydroxylation sites is 1. The Labute approximate surface area is 181 Å². The lowest BCUT2D eigenvalue weighted by atomic mass is 10.2. The molecule has 2 heterocycles. The summed E-state index contributed by atoms with van der Waals surface area (Å²) in [6.07, 6.45) is 1.36. The summed E-state index contributed by atoms with van der Waals surface area (Å²) >= 11 is 0. The normalized spacial score (nSPS) is 11.4. The van der Waals surface area contributed by atoms with Crippen molar-refractivity contribution in [3.8, 4) is 0 Å². The number of hydrogen-bond acceptors (Lipinski definition) is 6. The molecule has 5 rings (SSSR count). The predicted molar refractivity (Wildman–Crippen MR) is 121 cm³/mol. The van der Waals surface area contributed by atoms with E-state index in [2.05, 4.69) is 20.5 Å². The average molecular weight is 423 g/mol. The van der Waals surface area contributed by atoms with Gasteiger partial charge in [-0.1, -0.05) is 30.3 Å². The Bertz CT molecular complexity index is 1500. The van der Waals surface area contributed by atoms with Crippen LogP contribution >= 0.6 is 0 Å². The molecule has 3 aromatic carbocycles. The summed E-state index contributed by atoms with van der Waals surface area (Å²) in [5.74, 6) is -0.358. The molecule has 0 spiro atoms. The molecule has 8 nitrogen and oxygen atoms in total. The van der Waals surface area contributed by atoms with E-state index < -0.39 is 5.56 Å². The zero-order valence-electron chi connectivity index (χ0n) is 16.8. The monoisotopic (exact) mass is 423 g/mol. The van der Waals surface area contributed by atoms with Crippen molar-refractivity contribution in [1.29, 1.82) is 0 Å². The van der Waals surface area contributed by atoms with Crippen LogP contribution in [-0.2, 0) is 11.3 Å². The third kappa shape index (κ3) is 3.89. The van der Waals surface area contributed by atoms with Crippen LogP contribution in [0.5, 0.6) is 0 Å². The molecule has 5 aromatic rings. The van der Waals surface area contributed by atoms with Gasteiger partial charge in [0.1, 0.15) is 17.6 Å². The highest BCUT2D eigenvalue weighted by Crippen LogP contribution is 2.24. The van der Waals surface area contributed by atoms with Crippen molar-refractivity contribution in [2.45, 2.75) is 6.54 Å². The Morgan fingerprint density at radius 3 is 2.38 bits per heavy atom. The second kappa shape index (κ2) is 8.27. The summed E-state index contributed by atoms with van der Waals surface area (Å²) in [4.78, 5) is 29.5. The van der Waals surface area contributed by atoms with Gasteiger partial charge < -0.3 is 9.73 Å². The highest BCUT2D eigenvalue weighted by atomic mass is 16.3. The van der Waals surface area contributed by atoms with Crippen LogP contribution < -0.4 is 10.9 Å². The van der Waals surface area contributed by atoms with Crippen molar-refractivity contribution in [3.63, 3.8) is 0 Å². The van der Waals surface area contributed by atoms with E-state index in [0.29, 0.717) is 22.5 Å². The van der Waals surface area contributed by atoms with Crippen LogP contribution in [0.25, 0.3) is 22.1 Å². The lowest BCUT2D eigenvalue weighted by Crippen LogP contribution is -2.27. The number of nitrogens with zero attached hydrogens (tertiary/aromatic N) is 4. The number of azo groups is 1. The Hall–Kier alpha value is -4.59. The summed E-state index contributed by atoms with van der Waals surface area (Å²) in [5, 5.41) is 11.9. The van der Waals surface area contributed by atoms with Crippen molar-refractivity contribution in [3.05, 3.63) is 95.5 Å². The molecule has 156 valence electrons. The number of hydrogen-bond donors (Lipinski definition) is 1. The van der Waals surface area contributed by atoms with Crippen LogP contribution in [0.4, 0.5) is 17.1 Å². The van der Waals surface area contributed by atoms with Gasteiger partial charge in [0.25, 0.3) is 5.56 Å². The second-order valence-corrected chi connectivity index (χ2v) is 7.08. The SMILES string of the molecule is O=C(Cn1cnc2c(oc3ccccc32)c1=O)Nc1ccc(N=Nc2ccccc2)cc1. The maximum Gasteiger partial charge on any atom is 0.297 e. The molecule has 8 heteroatoms.